The molecule has 0 aliphatic carbocycles. The maximum atomic E-state index is 12.5. The molecule has 1 amide bonds. The molecule has 0 N–H and O–H groups in total. The van der Waals surface area contributed by atoms with Gasteiger partial charge in [0.25, 0.3) is 5.91 Å². The first kappa shape index (κ1) is 20.3. The van der Waals surface area contributed by atoms with E-state index in [9.17, 15) is 9.59 Å². The Bertz CT molecular complexity index is 731. The van der Waals surface area contributed by atoms with Crippen LogP contribution in [-0.2, 0) is 15.3 Å². The minimum absolute atomic E-state index is 0.241. The number of hydrogen-bond donors (Lipinski definition) is 0. The number of carbonyl (C=O) groups excluding carboxylic acids is 2. The molecule has 0 radical (unpaired) electrons. The van der Waals surface area contributed by atoms with Crippen LogP contribution in [0.15, 0.2) is 29.3 Å². The van der Waals surface area contributed by atoms with Crippen LogP contribution in [-0.4, -0.2) is 53.1 Å². The van der Waals surface area contributed by atoms with Gasteiger partial charge in [0.2, 0.25) is 0 Å². The number of amides is 1. The van der Waals surface area contributed by atoms with E-state index in [1.807, 2.05) is 18.2 Å². The third kappa shape index (κ3) is 5.78. The quantitative estimate of drug-likeness (QED) is 0.665. The van der Waals surface area contributed by atoms with E-state index in [-0.39, 0.29) is 12.3 Å². The van der Waals surface area contributed by atoms with E-state index in [2.05, 4.69) is 4.99 Å². The Morgan fingerprint density at radius 1 is 1.46 bits per heavy atom. The summed E-state index contributed by atoms with van der Waals surface area (Å²) < 4.78 is 6.39. The van der Waals surface area contributed by atoms with Crippen molar-refractivity contribution in [1.82, 2.24) is 4.90 Å². The zero-order chi connectivity index (χ0) is 18.9. The molecule has 2 rings (SSSR count). The molecule has 1 aromatic rings. The van der Waals surface area contributed by atoms with Gasteiger partial charge in [-0.25, -0.2) is 4.79 Å². The number of likely N-dealkylation sites (N-methyl/N-ethyl adjacent to an activating group) is 1. The average molecular weight is 392 g/mol. The molecule has 0 spiro atoms. The Kier molecular flexibility index (Phi) is 8.01. The van der Waals surface area contributed by atoms with Gasteiger partial charge in [0, 0.05) is 25.1 Å². The van der Waals surface area contributed by atoms with E-state index in [1.165, 1.54) is 4.90 Å². The first-order chi connectivity index (χ1) is 12.5. The van der Waals surface area contributed by atoms with Crippen molar-refractivity contribution in [2.24, 2.45) is 4.99 Å². The number of esters is 1. The molecule has 1 aliphatic heterocycles. The predicted octanol–water partition coefficient (Wildman–Crippen LogP) is 2.94. The van der Waals surface area contributed by atoms with Crippen LogP contribution in [0.3, 0.4) is 0 Å². The minimum Gasteiger partial charge on any atom is -0.449 e. The molecule has 0 saturated heterocycles. The minimum atomic E-state index is -0.901. The van der Waals surface area contributed by atoms with Crippen LogP contribution >= 0.6 is 23.5 Å². The van der Waals surface area contributed by atoms with Gasteiger partial charge in [0.15, 0.2) is 6.10 Å². The third-order valence-electron chi connectivity index (χ3n) is 3.71. The molecule has 26 heavy (non-hydrogen) atoms. The molecule has 0 saturated carbocycles. The first-order valence-corrected chi connectivity index (χ1v) is 10.2. The van der Waals surface area contributed by atoms with Gasteiger partial charge in [-0.15, -0.1) is 0 Å². The van der Waals surface area contributed by atoms with Crippen LogP contribution in [0.25, 0.3) is 0 Å². The van der Waals surface area contributed by atoms with E-state index in [4.69, 9.17) is 10.00 Å². The lowest BCUT2D eigenvalue weighted by Crippen LogP contribution is -2.38. The first-order valence-electron chi connectivity index (χ1n) is 8.23. The zero-order valence-electron chi connectivity index (χ0n) is 14.8. The second-order valence-electron chi connectivity index (χ2n) is 5.66. The zero-order valence-corrected chi connectivity index (χ0v) is 16.4. The van der Waals surface area contributed by atoms with Crippen LogP contribution in [0.4, 0.5) is 0 Å². The molecular weight excluding hydrogens is 370 g/mol. The fourth-order valence-corrected chi connectivity index (χ4v) is 4.31. The lowest BCUT2D eigenvalue weighted by Gasteiger charge is -2.20. The smallest absolute Gasteiger partial charge is 0.339 e. The lowest BCUT2D eigenvalue weighted by molar-refractivity contribution is -0.138. The molecule has 1 aliphatic rings. The highest BCUT2D eigenvalue weighted by Gasteiger charge is 2.23. The van der Waals surface area contributed by atoms with Crippen LogP contribution in [0.1, 0.15) is 29.3 Å². The summed E-state index contributed by atoms with van der Waals surface area (Å²) in [5.74, 6) is 0.792. The van der Waals surface area contributed by atoms with Crippen LogP contribution in [0, 0.1) is 11.3 Å². The Hall–Kier alpha value is -1.98. The molecule has 0 bridgehead atoms. The highest BCUT2D eigenvalue weighted by molar-refractivity contribution is 8.38. The van der Waals surface area contributed by atoms with E-state index in [1.54, 1.807) is 49.6 Å². The fraction of sp³-hybridized carbons (Fsp3) is 0.444. The summed E-state index contributed by atoms with van der Waals surface area (Å²) in [6.45, 7) is 2.70. The number of aliphatic imine (C=N–C) groups is 1. The van der Waals surface area contributed by atoms with Gasteiger partial charge >= 0.3 is 5.97 Å². The normalized spacial score (nSPS) is 14.3. The third-order valence-corrected chi connectivity index (χ3v) is 6.01. The molecular formula is C18H21N3O3S2. The van der Waals surface area contributed by atoms with E-state index in [0.29, 0.717) is 17.9 Å². The van der Waals surface area contributed by atoms with Gasteiger partial charge in [0.1, 0.15) is 4.38 Å². The summed E-state index contributed by atoms with van der Waals surface area (Å²) in [7, 11) is 1.59. The lowest BCUT2D eigenvalue weighted by atomic mass is 10.1. The molecule has 138 valence electrons. The monoisotopic (exact) mass is 391 g/mol. The molecule has 1 atom stereocenters. The second kappa shape index (κ2) is 10.2. The van der Waals surface area contributed by atoms with Gasteiger partial charge < -0.3 is 9.64 Å². The molecule has 0 unspecified atom stereocenters. The summed E-state index contributed by atoms with van der Waals surface area (Å²) in [6.07, 6.45) is -0.660. The van der Waals surface area contributed by atoms with Gasteiger partial charge in [0.05, 0.1) is 24.6 Å². The van der Waals surface area contributed by atoms with Crippen molar-refractivity contribution < 1.29 is 14.3 Å². The van der Waals surface area contributed by atoms with Crippen molar-refractivity contribution in [2.45, 2.75) is 25.2 Å². The van der Waals surface area contributed by atoms with Crippen molar-refractivity contribution in [3.8, 4) is 6.07 Å². The van der Waals surface area contributed by atoms with Crippen molar-refractivity contribution in [1.29, 1.82) is 5.26 Å². The maximum absolute atomic E-state index is 12.5. The van der Waals surface area contributed by atoms with Crippen LogP contribution in [0.2, 0.25) is 0 Å². The number of nitrogens with zero attached hydrogens (tertiary/aromatic N) is 3. The second-order valence-corrected chi connectivity index (χ2v) is 7.96. The summed E-state index contributed by atoms with van der Waals surface area (Å²) in [5, 5.41) is 8.60. The molecule has 6 nitrogen and oxygen atoms in total. The summed E-state index contributed by atoms with van der Waals surface area (Å²) in [5.41, 5.74) is 1.32. The average Bonchev–Trinajstić information content (AvgIpc) is 3.17. The maximum Gasteiger partial charge on any atom is 0.339 e. The summed E-state index contributed by atoms with van der Waals surface area (Å²) in [6, 6.07) is 9.23. The predicted molar refractivity (Wildman–Crippen MR) is 105 cm³/mol. The van der Waals surface area contributed by atoms with E-state index in [0.717, 1.165) is 22.2 Å². The molecule has 1 aromatic carbocycles. The highest BCUT2D eigenvalue weighted by atomic mass is 32.2. The molecule has 8 heteroatoms. The Balaban J connectivity index is 1.98. The topological polar surface area (TPSA) is 82.8 Å². The fourth-order valence-electron chi connectivity index (χ4n) is 2.30. The van der Waals surface area contributed by atoms with Gasteiger partial charge in [-0.2, -0.15) is 5.26 Å². The largest absolute Gasteiger partial charge is 0.449 e. The Morgan fingerprint density at radius 2 is 2.23 bits per heavy atom. The highest BCUT2D eigenvalue weighted by Crippen LogP contribution is 2.26. The van der Waals surface area contributed by atoms with Gasteiger partial charge in [-0.3, -0.25) is 9.79 Å². The molecule has 1 heterocycles. The van der Waals surface area contributed by atoms with Gasteiger partial charge in [-0.1, -0.05) is 41.7 Å². The van der Waals surface area contributed by atoms with Crippen molar-refractivity contribution in [3.05, 3.63) is 35.4 Å². The van der Waals surface area contributed by atoms with Gasteiger partial charge in [-0.05, 0) is 18.6 Å². The number of ether oxygens (including phenoxy) is 1. The van der Waals surface area contributed by atoms with E-state index >= 15 is 0 Å². The van der Waals surface area contributed by atoms with Crippen molar-refractivity contribution in [2.75, 3.05) is 25.9 Å². The Morgan fingerprint density at radius 3 is 2.92 bits per heavy atom. The van der Waals surface area contributed by atoms with Crippen LogP contribution in [0.5, 0.6) is 0 Å². The summed E-state index contributed by atoms with van der Waals surface area (Å²) in [4.78, 5) is 30.5. The SMILES string of the molecule is C[C@H](OC(=O)c1ccccc1CSC1=NCCS1)C(=O)N(C)CCC#N. The molecule has 0 aromatic heterocycles. The molecule has 0 fully saturated rings. The number of rotatable bonds is 7. The number of carbonyl (C=O) groups is 2. The van der Waals surface area contributed by atoms with Crippen LogP contribution < -0.4 is 0 Å². The van der Waals surface area contributed by atoms with Crippen molar-refractivity contribution in [3.63, 3.8) is 0 Å². The van der Waals surface area contributed by atoms with Crippen molar-refractivity contribution >= 4 is 39.8 Å². The Labute approximate surface area is 162 Å². The number of hydrogen-bond acceptors (Lipinski definition) is 7. The number of thioether (sulfide) groups is 2. The number of benzene rings is 1. The number of nitriles is 1. The van der Waals surface area contributed by atoms with E-state index < -0.39 is 12.1 Å². The summed E-state index contributed by atoms with van der Waals surface area (Å²) >= 11 is 3.33. The standard InChI is InChI=1S/C18H21N3O3S2/c1-13(16(22)21(2)10-5-8-19)24-17(23)15-7-4-3-6-14(15)12-26-18-20-9-11-25-18/h3-4,6-7,13H,5,9-12H2,1-2H3/t13-/m0/s1.